The van der Waals surface area contributed by atoms with Gasteiger partial charge in [-0.25, -0.2) is 0 Å². The standard InChI is InChI=1S/C14H22O2/c1-2-3-4-5-12(14(15)16)13-9-10-6-7-11(13)8-10/h2-3,10-13H,4-9H2,1H3,(H,15,16). The third kappa shape index (κ3) is 2.31. The summed E-state index contributed by atoms with van der Waals surface area (Å²) in [5, 5.41) is 9.34. The van der Waals surface area contributed by atoms with Gasteiger partial charge in [-0.05, 0) is 56.8 Å². The van der Waals surface area contributed by atoms with Gasteiger partial charge < -0.3 is 5.11 Å². The molecular weight excluding hydrogens is 200 g/mol. The molecule has 0 spiro atoms. The molecule has 2 saturated carbocycles. The molecule has 2 rings (SSSR count). The minimum absolute atomic E-state index is 0.0912. The average molecular weight is 222 g/mol. The van der Waals surface area contributed by atoms with Gasteiger partial charge >= 0.3 is 5.97 Å². The second-order valence-corrected chi connectivity index (χ2v) is 5.43. The Hall–Kier alpha value is -0.790. The molecule has 2 aliphatic rings. The number of hydrogen-bond acceptors (Lipinski definition) is 1. The lowest BCUT2D eigenvalue weighted by atomic mass is 9.77. The van der Waals surface area contributed by atoms with Crippen molar-refractivity contribution in [1.82, 2.24) is 0 Å². The van der Waals surface area contributed by atoms with Crippen molar-refractivity contribution in [3.8, 4) is 0 Å². The van der Waals surface area contributed by atoms with Gasteiger partial charge in [-0.3, -0.25) is 4.79 Å². The Kier molecular flexibility index (Phi) is 3.67. The van der Waals surface area contributed by atoms with Gasteiger partial charge in [0, 0.05) is 0 Å². The Morgan fingerprint density at radius 1 is 1.44 bits per heavy atom. The van der Waals surface area contributed by atoms with Gasteiger partial charge in [-0.2, -0.15) is 0 Å². The van der Waals surface area contributed by atoms with Crippen LogP contribution in [0.1, 0.15) is 45.4 Å². The number of carboxylic acid groups (broad SMARTS) is 1. The van der Waals surface area contributed by atoms with Crippen LogP contribution in [0.15, 0.2) is 12.2 Å². The Morgan fingerprint density at radius 3 is 2.75 bits per heavy atom. The van der Waals surface area contributed by atoms with Crippen LogP contribution in [0.25, 0.3) is 0 Å². The monoisotopic (exact) mass is 222 g/mol. The van der Waals surface area contributed by atoms with E-state index in [2.05, 4.69) is 6.08 Å². The van der Waals surface area contributed by atoms with Crippen molar-refractivity contribution in [2.45, 2.75) is 45.4 Å². The minimum atomic E-state index is -0.568. The van der Waals surface area contributed by atoms with E-state index in [-0.39, 0.29) is 5.92 Å². The zero-order chi connectivity index (χ0) is 11.5. The highest BCUT2D eigenvalue weighted by Gasteiger charge is 2.44. The van der Waals surface area contributed by atoms with Crippen molar-refractivity contribution in [3.05, 3.63) is 12.2 Å². The van der Waals surface area contributed by atoms with Gasteiger partial charge in [0.25, 0.3) is 0 Å². The van der Waals surface area contributed by atoms with Crippen molar-refractivity contribution in [3.63, 3.8) is 0 Å². The number of hydrogen-bond donors (Lipinski definition) is 1. The van der Waals surface area contributed by atoms with Crippen LogP contribution in [0.4, 0.5) is 0 Å². The van der Waals surface area contributed by atoms with Crippen LogP contribution in [-0.2, 0) is 4.79 Å². The topological polar surface area (TPSA) is 37.3 Å². The molecule has 0 aromatic rings. The molecule has 0 heterocycles. The van der Waals surface area contributed by atoms with Crippen LogP contribution in [0.3, 0.4) is 0 Å². The molecule has 2 nitrogen and oxygen atoms in total. The van der Waals surface area contributed by atoms with Crippen molar-refractivity contribution in [2.24, 2.45) is 23.7 Å². The van der Waals surface area contributed by atoms with Gasteiger partial charge in [-0.1, -0.05) is 18.6 Å². The molecule has 4 unspecified atom stereocenters. The molecule has 2 aliphatic carbocycles. The number of carbonyl (C=O) groups is 1. The second-order valence-electron chi connectivity index (χ2n) is 5.43. The summed E-state index contributed by atoms with van der Waals surface area (Å²) in [7, 11) is 0. The third-order valence-corrected chi connectivity index (χ3v) is 4.51. The van der Waals surface area contributed by atoms with E-state index in [9.17, 15) is 9.90 Å². The molecule has 0 aliphatic heterocycles. The van der Waals surface area contributed by atoms with E-state index in [1.807, 2.05) is 13.0 Å². The lowest BCUT2D eigenvalue weighted by molar-refractivity contribution is -0.144. The SMILES string of the molecule is CC=CCCC(C(=O)O)C1CC2CCC1C2. The third-order valence-electron chi connectivity index (χ3n) is 4.51. The van der Waals surface area contributed by atoms with Crippen LogP contribution >= 0.6 is 0 Å². The summed E-state index contributed by atoms with van der Waals surface area (Å²) >= 11 is 0. The summed E-state index contributed by atoms with van der Waals surface area (Å²) in [5.74, 6) is 1.38. The van der Waals surface area contributed by atoms with Crippen molar-refractivity contribution in [2.75, 3.05) is 0 Å². The molecule has 1 N–H and O–H groups in total. The highest BCUT2D eigenvalue weighted by atomic mass is 16.4. The fourth-order valence-corrected chi connectivity index (χ4v) is 3.75. The van der Waals surface area contributed by atoms with Gasteiger partial charge in [0.2, 0.25) is 0 Å². The maximum absolute atomic E-state index is 11.3. The molecule has 2 bridgehead atoms. The number of aliphatic carboxylic acids is 1. The van der Waals surface area contributed by atoms with Crippen LogP contribution in [0.2, 0.25) is 0 Å². The smallest absolute Gasteiger partial charge is 0.306 e. The highest BCUT2D eigenvalue weighted by molar-refractivity contribution is 5.70. The predicted molar refractivity (Wildman–Crippen MR) is 64.1 cm³/mol. The second kappa shape index (κ2) is 5.03. The fourth-order valence-electron chi connectivity index (χ4n) is 3.75. The maximum atomic E-state index is 11.3. The van der Waals surface area contributed by atoms with E-state index < -0.39 is 5.97 Å². The van der Waals surface area contributed by atoms with E-state index >= 15 is 0 Å². The lowest BCUT2D eigenvalue weighted by Gasteiger charge is -2.27. The summed E-state index contributed by atoms with van der Waals surface area (Å²) in [6, 6.07) is 0. The van der Waals surface area contributed by atoms with Crippen LogP contribution in [0.5, 0.6) is 0 Å². The van der Waals surface area contributed by atoms with E-state index in [1.54, 1.807) is 0 Å². The van der Waals surface area contributed by atoms with Crippen molar-refractivity contribution < 1.29 is 9.90 Å². The number of allylic oxidation sites excluding steroid dienone is 2. The van der Waals surface area contributed by atoms with E-state index in [4.69, 9.17) is 0 Å². The Labute approximate surface area is 97.7 Å². The molecule has 0 aromatic heterocycles. The van der Waals surface area contributed by atoms with Gasteiger partial charge in [0.05, 0.1) is 5.92 Å². The van der Waals surface area contributed by atoms with E-state index in [1.165, 1.54) is 25.7 Å². The summed E-state index contributed by atoms with van der Waals surface area (Å²) in [6.07, 6.45) is 11.0. The largest absolute Gasteiger partial charge is 0.481 e. The molecule has 2 heteroatoms. The first-order chi connectivity index (χ1) is 7.72. The van der Waals surface area contributed by atoms with Gasteiger partial charge in [0.15, 0.2) is 0 Å². The normalized spacial score (nSPS) is 34.7. The van der Waals surface area contributed by atoms with Crippen molar-refractivity contribution in [1.29, 1.82) is 0 Å². The summed E-state index contributed by atoms with van der Waals surface area (Å²) in [6.45, 7) is 1.99. The quantitative estimate of drug-likeness (QED) is 0.723. The minimum Gasteiger partial charge on any atom is -0.481 e. The molecule has 2 fully saturated rings. The Balaban J connectivity index is 1.94. The maximum Gasteiger partial charge on any atom is 0.306 e. The van der Waals surface area contributed by atoms with E-state index in [0.29, 0.717) is 5.92 Å². The zero-order valence-corrected chi connectivity index (χ0v) is 10.1. The Bertz CT molecular complexity index is 282. The molecule has 16 heavy (non-hydrogen) atoms. The zero-order valence-electron chi connectivity index (χ0n) is 10.1. The first-order valence-corrected chi connectivity index (χ1v) is 6.56. The Morgan fingerprint density at radius 2 is 2.25 bits per heavy atom. The molecule has 0 radical (unpaired) electrons. The van der Waals surface area contributed by atoms with Crippen LogP contribution in [0, 0.1) is 23.7 Å². The number of carboxylic acids is 1. The molecular formula is C14H22O2. The lowest BCUT2D eigenvalue weighted by Crippen LogP contribution is -2.27. The van der Waals surface area contributed by atoms with Gasteiger partial charge in [0.1, 0.15) is 0 Å². The van der Waals surface area contributed by atoms with E-state index in [0.717, 1.165) is 24.7 Å². The van der Waals surface area contributed by atoms with Crippen LogP contribution in [-0.4, -0.2) is 11.1 Å². The number of fused-ring (bicyclic) bond motifs is 2. The first-order valence-electron chi connectivity index (χ1n) is 6.56. The summed E-state index contributed by atoms with van der Waals surface area (Å²) < 4.78 is 0. The molecule has 0 aromatic carbocycles. The van der Waals surface area contributed by atoms with Crippen molar-refractivity contribution >= 4 is 5.97 Å². The fraction of sp³-hybridized carbons (Fsp3) is 0.786. The predicted octanol–water partition coefficient (Wildman–Crippen LogP) is 3.48. The molecule has 90 valence electrons. The summed E-state index contributed by atoms with van der Waals surface area (Å²) in [5.41, 5.74) is 0. The molecule has 0 saturated heterocycles. The highest BCUT2D eigenvalue weighted by Crippen LogP contribution is 2.51. The first kappa shape index (κ1) is 11.7. The molecule has 4 atom stereocenters. The summed E-state index contributed by atoms with van der Waals surface area (Å²) in [4.78, 5) is 11.3. The number of rotatable bonds is 5. The van der Waals surface area contributed by atoms with Crippen LogP contribution < -0.4 is 0 Å². The average Bonchev–Trinajstić information content (AvgIpc) is 2.85. The van der Waals surface area contributed by atoms with Gasteiger partial charge in [-0.15, -0.1) is 0 Å². The molecule has 0 amide bonds.